The Bertz CT molecular complexity index is 785. The molecule has 2 aromatic rings. The second-order valence-corrected chi connectivity index (χ2v) is 5.62. The lowest BCUT2D eigenvalue weighted by Crippen LogP contribution is -2.44. The first-order chi connectivity index (χ1) is 12.1. The molecule has 2 amide bonds. The quantitative estimate of drug-likeness (QED) is 0.833. The van der Waals surface area contributed by atoms with Gasteiger partial charge in [-0.2, -0.15) is 0 Å². The van der Waals surface area contributed by atoms with Gasteiger partial charge in [0.15, 0.2) is 5.76 Å². The van der Waals surface area contributed by atoms with E-state index in [1.807, 2.05) is 18.2 Å². The molecule has 3 rings (SSSR count). The summed E-state index contributed by atoms with van der Waals surface area (Å²) in [5.74, 6) is -0.903. The fourth-order valence-corrected chi connectivity index (χ4v) is 2.92. The monoisotopic (exact) mass is 342 g/mol. The fourth-order valence-electron chi connectivity index (χ4n) is 2.92. The summed E-state index contributed by atoms with van der Waals surface area (Å²) in [6, 6.07) is 9.86. The van der Waals surface area contributed by atoms with Gasteiger partial charge in [-0.05, 0) is 23.8 Å². The van der Waals surface area contributed by atoms with Gasteiger partial charge in [0.1, 0.15) is 6.04 Å². The predicted molar refractivity (Wildman–Crippen MR) is 89.1 cm³/mol. The molecule has 1 aliphatic rings. The lowest BCUT2D eigenvalue weighted by Gasteiger charge is -2.23. The number of fused-ring (bicyclic) bond motifs is 1. The van der Waals surface area contributed by atoms with E-state index in [2.05, 4.69) is 5.32 Å². The number of ether oxygens (including phenoxy) is 1. The number of furan rings is 1. The Balaban J connectivity index is 1.66. The number of para-hydroxylation sites is 1. The molecule has 0 saturated carbocycles. The van der Waals surface area contributed by atoms with Crippen LogP contribution in [0.4, 0.5) is 5.69 Å². The number of hydrogen-bond donors (Lipinski definition) is 1. The second kappa shape index (κ2) is 7.21. The lowest BCUT2D eigenvalue weighted by molar-refractivity contribution is -0.143. The van der Waals surface area contributed by atoms with Crippen LogP contribution in [0.15, 0.2) is 47.1 Å². The van der Waals surface area contributed by atoms with Crippen molar-refractivity contribution >= 4 is 23.5 Å². The number of benzene rings is 1. The standard InChI is InChI=1S/C18H18N2O5/c1-24-18(23)14-11-12-5-2-3-6-13(12)20(14)16(21)8-9-19-17(22)15-7-4-10-25-15/h2-7,10,14H,8-9,11H2,1H3,(H,19,22)/t14-/m0/s1. The summed E-state index contributed by atoms with van der Waals surface area (Å²) in [6.45, 7) is 0.144. The molecule has 130 valence electrons. The normalized spacial score (nSPS) is 15.6. The third-order valence-electron chi connectivity index (χ3n) is 4.09. The smallest absolute Gasteiger partial charge is 0.329 e. The van der Waals surface area contributed by atoms with Crippen LogP contribution in [-0.4, -0.2) is 37.5 Å². The van der Waals surface area contributed by atoms with Crippen molar-refractivity contribution in [3.05, 3.63) is 54.0 Å². The number of hydrogen-bond acceptors (Lipinski definition) is 5. The molecule has 1 aromatic carbocycles. The number of amides is 2. The lowest BCUT2D eigenvalue weighted by atomic mass is 10.1. The summed E-state index contributed by atoms with van der Waals surface area (Å²) >= 11 is 0. The van der Waals surface area contributed by atoms with Crippen molar-refractivity contribution in [3.63, 3.8) is 0 Å². The molecule has 1 aromatic heterocycles. The average molecular weight is 342 g/mol. The fraction of sp³-hybridized carbons (Fsp3) is 0.278. The Kier molecular flexibility index (Phi) is 4.83. The number of nitrogens with one attached hydrogen (secondary N) is 1. The topological polar surface area (TPSA) is 88.9 Å². The zero-order chi connectivity index (χ0) is 17.8. The highest BCUT2D eigenvalue weighted by molar-refractivity contribution is 6.02. The van der Waals surface area contributed by atoms with Gasteiger partial charge >= 0.3 is 5.97 Å². The van der Waals surface area contributed by atoms with Crippen LogP contribution in [-0.2, 0) is 20.7 Å². The zero-order valence-corrected chi connectivity index (χ0v) is 13.7. The van der Waals surface area contributed by atoms with Gasteiger partial charge < -0.3 is 14.5 Å². The molecule has 0 aliphatic carbocycles. The average Bonchev–Trinajstić information content (AvgIpc) is 3.28. The minimum Gasteiger partial charge on any atom is -0.467 e. The second-order valence-electron chi connectivity index (χ2n) is 5.62. The summed E-state index contributed by atoms with van der Waals surface area (Å²) in [6.07, 6.45) is 1.89. The summed E-state index contributed by atoms with van der Waals surface area (Å²) < 4.78 is 9.82. The molecular formula is C18H18N2O5. The Labute approximate surface area is 144 Å². The van der Waals surface area contributed by atoms with Gasteiger partial charge in [0, 0.05) is 25.1 Å². The molecule has 0 saturated heterocycles. The summed E-state index contributed by atoms with van der Waals surface area (Å²) in [5, 5.41) is 2.63. The van der Waals surface area contributed by atoms with E-state index in [9.17, 15) is 14.4 Å². The molecule has 1 atom stereocenters. The van der Waals surface area contributed by atoms with E-state index in [4.69, 9.17) is 9.15 Å². The van der Waals surface area contributed by atoms with E-state index in [0.29, 0.717) is 12.1 Å². The predicted octanol–water partition coefficient (Wildman–Crippen LogP) is 1.53. The van der Waals surface area contributed by atoms with Gasteiger partial charge in [-0.3, -0.25) is 14.5 Å². The van der Waals surface area contributed by atoms with Crippen molar-refractivity contribution < 1.29 is 23.5 Å². The van der Waals surface area contributed by atoms with Crippen LogP contribution in [0.3, 0.4) is 0 Å². The van der Waals surface area contributed by atoms with E-state index in [-0.39, 0.29) is 30.5 Å². The van der Waals surface area contributed by atoms with Crippen molar-refractivity contribution in [3.8, 4) is 0 Å². The highest BCUT2D eigenvalue weighted by atomic mass is 16.5. The molecule has 7 heteroatoms. The zero-order valence-electron chi connectivity index (χ0n) is 13.7. The molecule has 0 fully saturated rings. The van der Waals surface area contributed by atoms with Crippen LogP contribution in [0.1, 0.15) is 22.5 Å². The number of rotatable bonds is 5. The first-order valence-electron chi connectivity index (χ1n) is 7.91. The van der Waals surface area contributed by atoms with Crippen molar-refractivity contribution in [1.82, 2.24) is 5.32 Å². The van der Waals surface area contributed by atoms with E-state index in [1.54, 1.807) is 18.2 Å². The summed E-state index contributed by atoms with van der Waals surface area (Å²) in [7, 11) is 1.30. The Morgan fingerprint density at radius 3 is 2.76 bits per heavy atom. The number of anilines is 1. The molecular weight excluding hydrogens is 324 g/mol. The van der Waals surface area contributed by atoms with Crippen molar-refractivity contribution in [2.45, 2.75) is 18.9 Å². The van der Waals surface area contributed by atoms with Crippen LogP contribution >= 0.6 is 0 Å². The highest BCUT2D eigenvalue weighted by Gasteiger charge is 2.38. The number of esters is 1. The number of carbonyl (C=O) groups is 3. The number of methoxy groups -OCH3 is 1. The first kappa shape index (κ1) is 16.8. The van der Waals surface area contributed by atoms with Gasteiger partial charge in [0.25, 0.3) is 5.91 Å². The molecule has 0 radical (unpaired) electrons. The number of nitrogens with zero attached hydrogens (tertiary/aromatic N) is 1. The SMILES string of the molecule is COC(=O)[C@@H]1Cc2ccccc2N1C(=O)CCNC(=O)c1ccco1. The van der Waals surface area contributed by atoms with Crippen LogP contribution in [0, 0.1) is 0 Å². The summed E-state index contributed by atoms with van der Waals surface area (Å²) in [5.41, 5.74) is 1.63. The third kappa shape index (κ3) is 3.40. The van der Waals surface area contributed by atoms with E-state index >= 15 is 0 Å². The minimum atomic E-state index is -0.671. The van der Waals surface area contributed by atoms with Gasteiger partial charge in [-0.1, -0.05) is 18.2 Å². The van der Waals surface area contributed by atoms with E-state index < -0.39 is 12.0 Å². The Morgan fingerprint density at radius 2 is 2.04 bits per heavy atom. The maximum Gasteiger partial charge on any atom is 0.329 e. The largest absolute Gasteiger partial charge is 0.467 e. The van der Waals surface area contributed by atoms with Crippen molar-refractivity contribution in [2.75, 3.05) is 18.6 Å². The van der Waals surface area contributed by atoms with E-state index in [0.717, 1.165) is 5.56 Å². The maximum atomic E-state index is 12.7. The molecule has 1 N–H and O–H groups in total. The van der Waals surface area contributed by atoms with E-state index in [1.165, 1.54) is 18.3 Å². The van der Waals surface area contributed by atoms with Gasteiger partial charge in [0.05, 0.1) is 13.4 Å². The van der Waals surface area contributed by atoms with Gasteiger partial charge in [-0.25, -0.2) is 4.79 Å². The Hall–Kier alpha value is -3.09. The molecule has 1 aliphatic heterocycles. The molecule has 2 heterocycles. The van der Waals surface area contributed by atoms with Gasteiger partial charge in [-0.15, -0.1) is 0 Å². The van der Waals surface area contributed by atoms with Crippen LogP contribution in [0.2, 0.25) is 0 Å². The number of carbonyl (C=O) groups excluding carboxylic acids is 3. The molecule has 0 bridgehead atoms. The third-order valence-corrected chi connectivity index (χ3v) is 4.09. The Morgan fingerprint density at radius 1 is 1.24 bits per heavy atom. The minimum absolute atomic E-state index is 0.0638. The molecule has 0 unspecified atom stereocenters. The summed E-state index contributed by atoms with van der Waals surface area (Å²) in [4.78, 5) is 38.0. The molecule has 7 nitrogen and oxygen atoms in total. The van der Waals surface area contributed by atoms with Crippen molar-refractivity contribution in [2.24, 2.45) is 0 Å². The maximum absolute atomic E-state index is 12.7. The molecule has 25 heavy (non-hydrogen) atoms. The van der Waals surface area contributed by atoms with Crippen LogP contribution < -0.4 is 10.2 Å². The highest BCUT2D eigenvalue weighted by Crippen LogP contribution is 2.33. The van der Waals surface area contributed by atoms with Crippen LogP contribution in [0.5, 0.6) is 0 Å². The van der Waals surface area contributed by atoms with Gasteiger partial charge in [0.2, 0.25) is 5.91 Å². The molecule has 0 spiro atoms. The first-order valence-corrected chi connectivity index (χ1v) is 7.91. The van der Waals surface area contributed by atoms with Crippen molar-refractivity contribution in [1.29, 1.82) is 0 Å². The van der Waals surface area contributed by atoms with Crippen LogP contribution in [0.25, 0.3) is 0 Å².